The quantitative estimate of drug-likeness (QED) is 0.514. The van der Waals surface area contributed by atoms with E-state index in [-0.39, 0.29) is 0 Å². The highest BCUT2D eigenvalue weighted by molar-refractivity contribution is 5.89. The smallest absolute Gasteiger partial charge is 0.139 e. The monoisotopic (exact) mass is 174 g/mol. The van der Waals surface area contributed by atoms with Gasteiger partial charge in [0.2, 0.25) is 0 Å². The number of carbonyl (C=O) groups excluding carboxylic acids is 1. The minimum Gasteiger partial charge on any atom is -0.299 e. The van der Waals surface area contributed by atoms with Crippen LogP contribution in [0, 0.1) is 29.1 Å². The van der Waals surface area contributed by atoms with Crippen LogP contribution in [-0.4, -0.2) is 5.78 Å². The van der Waals surface area contributed by atoms with Crippen molar-refractivity contribution in [3.63, 3.8) is 0 Å². The van der Waals surface area contributed by atoms with Crippen molar-refractivity contribution in [3.8, 4) is 0 Å². The molecule has 0 heterocycles. The Morgan fingerprint density at radius 2 is 2.00 bits per heavy atom. The molecule has 1 spiro atoms. The molecule has 4 aliphatic rings. The summed E-state index contributed by atoms with van der Waals surface area (Å²) in [6.07, 6.45) is 9.93. The summed E-state index contributed by atoms with van der Waals surface area (Å²) in [5.74, 6) is 2.93. The van der Waals surface area contributed by atoms with Crippen LogP contribution in [0.25, 0.3) is 0 Å². The van der Waals surface area contributed by atoms with Crippen molar-refractivity contribution in [1.29, 1.82) is 0 Å². The molecule has 0 N–H and O–H groups in total. The highest BCUT2D eigenvalue weighted by atomic mass is 16.1. The number of fused-ring (bicyclic) bond motifs is 6. The maximum absolute atomic E-state index is 11.9. The Kier molecular flexibility index (Phi) is 0.928. The van der Waals surface area contributed by atoms with Crippen molar-refractivity contribution in [2.24, 2.45) is 29.1 Å². The summed E-state index contributed by atoms with van der Waals surface area (Å²) in [4.78, 5) is 11.9. The van der Waals surface area contributed by atoms with Crippen LogP contribution in [0.2, 0.25) is 0 Å². The molecule has 0 aromatic heterocycles. The maximum atomic E-state index is 11.9. The van der Waals surface area contributed by atoms with Crippen LogP contribution in [0.4, 0.5) is 0 Å². The SMILES string of the molecule is O=C1[C@H]2CC[C@@H]1[C@@H]1[C@H]2C=CC12CC2. The molecule has 0 aromatic carbocycles. The fourth-order valence-electron chi connectivity index (χ4n) is 4.27. The molecule has 0 radical (unpaired) electrons. The Hall–Kier alpha value is -0.590. The predicted molar refractivity (Wildman–Crippen MR) is 49.0 cm³/mol. The summed E-state index contributed by atoms with van der Waals surface area (Å²) in [5.41, 5.74) is 0.528. The van der Waals surface area contributed by atoms with Crippen molar-refractivity contribution in [1.82, 2.24) is 0 Å². The molecule has 2 bridgehead atoms. The molecule has 0 amide bonds. The number of hydrogen-bond acceptors (Lipinski definition) is 1. The molecule has 1 heteroatoms. The Morgan fingerprint density at radius 1 is 1.23 bits per heavy atom. The van der Waals surface area contributed by atoms with Gasteiger partial charge in [-0.25, -0.2) is 0 Å². The number of ketones is 1. The summed E-state index contributed by atoms with van der Waals surface area (Å²) in [5, 5.41) is 0. The summed E-state index contributed by atoms with van der Waals surface area (Å²) < 4.78 is 0. The Morgan fingerprint density at radius 3 is 2.77 bits per heavy atom. The van der Waals surface area contributed by atoms with E-state index in [1.807, 2.05) is 0 Å². The minimum absolute atomic E-state index is 0.436. The molecule has 4 rings (SSSR count). The second kappa shape index (κ2) is 1.77. The van der Waals surface area contributed by atoms with Gasteiger partial charge in [0.25, 0.3) is 0 Å². The van der Waals surface area contributed by atoms with E-state index in [4.69, 9.17) is 0 Å². The number of carbonyl (C=O) groups is 1. The van der Waals surface area contributed by atoms with E-state index in [0.29, 0.717) is 29.0 Å². The summed E-state index contributed by atoms with van der Waals surface area (Å²) >= 11 is 0. The Bertz CT molecular complexity index is 324. The normalized spacial score (nSPS) is 53.4. The van der Waals surface area contributed by atoms with Crippen LogP contribution < -0.4 is 0 Å². The standard InChI is InChI=1S/C12H14O/c13-11-8-1-2-9(11)10-7(8)3-4-12(10)5-6-12/h3-4,7-10H,1-2,5-6H2/t7-,8-,9+,10-/m0/s1. The Balaban J connectivity index is 1.84. The van der Waals surface area contributed by atoms with E-state index in [1.165, 1.54) is 25.7 Å². The highest BCUT2D eigenvalue weighted by Crippen LogP contribution is 2.69. The maximum Gasteiger partial charge on any atom is 0.139 e. The van der Waals surface area contributed by atoms with Gasteiger partial charge in [0.05, 0.1) is 0 Å². The molecule has 0 saturated heterocycles. The van der Waals surface area contributed by atoms with Crippen LogP contribution in [-0.2, 0) is 4.79 Å². The topological polar surface area (TPSA) is 17.1 Å². The average Bonchev–Trinajstić information content (AvgIpc) is 2.60. The van der Waals surface area contributed by atoms with Crippen molar-refractivity contribution in [2.45, 2.75) is 25.7 Å². The summed E-state index contributed by atoms with van der Waals surface area (Å²) in [6.45, 7) is 0. The lowest BCUT2D eigenvalue weighted by molar-refractivity contribution is -0.122. The second-order valence-corrected chi connectivity index (χ2v) is 5.39. The van der Waals surface area contributed by atoms with E-state index >= 15 is 0 Å². The van der Waals surface area contributed by atoms with Gasteiger partial charge in [-0.15, -0.1) is 0 Å². The van der Waals surface area contributed by atoms with Crippen molar-refractivity contribution < 1.29 is 4.79 Å². The lowest BCUT2D eigenvalue weighted by Gasteiger charge is -2.27. The lowest BCUT2D eigenvalue weighted by Crippen LogP contribution is -2.23. The molecule has 68 valence electrons. The third-order valence-electron chi connectivity index (χ3n) is 4.97. The fraction of sp³-hybridized carbons (Fsp3) is 0.750. The first-order valence-corrected chi connectivity index (χ1v) is 5.55. The molecule has 3 fully saturated rings. The van der Waals surface area contributed by atoms with Gasteiger partial charge in [-0.3, -0.25) is 4.79 Å². The molecule has 3 saturated carbocycles. The van der Waals surface area contributed by atoms with Gasteiger partial charge in [0.15, 0.2) is 0 Å². The minimum atomic E-state index is 0.436. The van der Waals surface area contributed by atoms with Crippen LogP contribution in [0.1, 0.15) is 25.7 Å². The van der Waals surface area contributed by atoms with Gasteiger partial charge < -0.3 is 0 Å². The zero-order valence-corrected chi connectivity index (χ0v) is 7.70. The van der Waals surface area contributed by atoms with Gasteiger partial charge in [-0.05, 0) is 42.9 Å². The van der Waals surface area contributed by atoms with Gasteiger partial charge in [0, 0.05) is 11.8 Å². The fourth-order valence-corrected chi connectivity index (χ4v) is 4.27. The van der Waals surface area contributed by atoms with E-state index < -0.39 is 0 Å². The number of Topliss-reactive ketones (excluding diaryl/α,β-unsaturated/α-hetero) is 1. The van der Waals surface area contributed by atoms with Gasteiger partial charge in [-0.1, -0.05) is 12.2 Å². The van der Waals surface area contributed by atoms with Crippen molar-refractivity contribution in [2.75, 3.05) is 0 Å². The first kappa shape index (κ1) is 6.80. The molecule has 4 aliphatic carbocycles. The molecule has 13 heavy (non-hydrogen) atoms. The first-order chi connectivity index (χ1) is 6.32. The first-order valence-electron chi connectivity index (χ1n) is 5.55. The zero-order valence-electron chi connectivity index (χ0n) is 7.70. The molecule has 0 aromatic rings. The van der Waals surface area contributed by atoms with Crippen LogP contribution in [0.15, 0.2) is 12.2 Å². The number of hydrogen-bond donors (Lipinski definition) is 0. The van der Waals surface area contributed by atoms with Gasteiger partial charge in [-0.2, -0.15) is 0 Å². The summed E-state index contributed by atoms with van der Waals surface area (Å²) in [7, 11) is 0. The molecular weight excluding hydrogens is 160 g/mol. The molecule has 0 aliphatic heterocycles. The van der Waals surface area contributed by atoms with Gasteiger partial charge in [0.1, 0.15) is 5.78 Å². The molecule has 1 nitrogen and oxygen atoms in total. The van der Waals surface area contributed by atoms with E-state index in [9.17, 15) is 4.79 Å². The largest absolute Gasteiger partial charge is 0.299 e. The third kappa shape index (κ3) is 0.589. The molecule has 0 unspecified atom stereocenters. The molecular formula is C12H14O. The van der Waals surface area contributed by atoms with E-state index in [2.05, 4.69) is 12.2 Å². The Labute approximate surface area is 78.2 Å². The predicted octanol–water partition coefficient (Wildman–Crippen LogP) is 2.18. The van der Waals surface area contributed by atoms with Crippen LogP contribution in [0.5, 0.6) is 0 Å². The summed E-state index contributed by atoms with van der Waals surface area (Å²) in [6, 6.07) is 0. The van der Waals surface area contributed by atoms with Crippen molar-refractivity contribution in [3.05, 3.63) is 12.2 Å². The third-order valence-corrected chi connectivity index (χ3v) is 4.97. The number of allylic oxidation sites excluding steroid dienone is 2. The average molecular weight is 174 g/mol. The van der Waals surface area contributed by atoms with E-state index in [1.54, 1.807) is 0 Å². The lowest BCUT2D eigenvalue weighted by atomic mass is 9.75. The van der Waals surface area contributed by atoms with E-state index in [0.717, 1.165) is 5.92 Å². The zero-order chi connectivity index (χ0) is 8.63. The van der Waals surface area contributed by atoms with Crippen molar-refractivity contribution >= 4 is 5.78 Å². The van der Waals surface area contributed by atoms with Gasteiger partial charge >= 0.3 is 0 Å². The van der Waals surface area contributed by atoms with Crippen LogP contribution >= 0.6 is 0 Å². The second-order valence-electron chi connectivity index (χ2n) is 5.39. The molecule has 4 atom stereocenters. The highest BCUT2D eigenvalue weighted by Gasteiger charge is 2.65. The van der Waals surface area contributed by atoms with Crippen LogP contribution in [0.3, 0.4) is 0 Å². The number of rotatable bonds is 0.